The zero-order valence-corrected chi connectivity index (χ0v) is 24.6. The summed E-state index contributed by atoms with van der Waals surface area (Å²) in [5.41, 5.74) is 6.91. The van der Waals surface area contributed by atoms with Gasteiger partial charge in [0, 0.05) is 41.6 Å². The normalized spacial score (nSPS) is 17.8. The van der Waals surface area contributed by atoms with Gasteiger partial charge in [-0.05, 0) is 48.0 Å². The molecule has 3 aromatic rings. The highest BCUT2D eigenvalue weighted by atomic mass is 79.9. The summed E-state index contributed by atoms with van der Waals surface area (Å²) in [4.78, 5) is 18.8. The summed E-state index contributed by atoms with van der Waals surface area (Å²) in [6.45, 7) is 4.73. The topological polar surface area (TPSA) is 111 Å². The van der Waals surface area contributed by atoms with Crippen LogP contribution in [0.3, 0.4) is 0 Å². The smallest absolute Gasteiger partial charge is 0.266 e. The summed E-state index contributed by atoms with van der Waals surface area (Å²) in [6.07, 6.45) is 1.72. The first-order valence-electron chi connectivity index (χ1n) is 13.2. The van der Waals surface area contributed by atoms with Gasteiger partial charge in [-0.3, -0.25) is 10.2 Å². The zero-order chi connectivity index (χ0) is 29.2. The van der Waals surface area contributed by atoms with Crippen LogP contribution >= 0.6 is 15.9 Å². The lowest BCUT2D eigenvalue weighted by atomic mass is 9.84. The van der Waals surface area contributed by atoms with Crippen LogP contribution in [0.15, 0.2) is 88.9 Å². The third kappa shape index (κ3) is 6.90. The quantitative estimate of drug-likeness (QED) is 0.133. The number of hydrogen-bond donors (Lipinski definition) is 3. The molecule has 9 nitrogen and oxygen atoms in total. The molecule has 41 heavy (non-hydrogen) atoms. The lowest BCUT2D eigenvalue weighted by Crippen LogP contribution is -2.52. The molecule has 1 aliphatic heterocycles. The first kappa shape index (κ1) is 30.1. The summed E-state index contributed by atoms with van der Waals surface area (Å²) in [5, 5.41) is 8.99. The molecule has 0 spiro atoms. The average Bonchev–Trinajstić information content (AvgIpc) is 3.38. The molecule has 1 amide bonds. The highest BCUT2D eigenvalue weighted by molar-refractivity contribution is 9.10. The third-order valence-electron chi connectivity index (χ3n) is 6.62. The summed E-state index contributed by atoms with van der Waals surface area (Å²) >= 11 is 3.62. The second-order valence-electron chi connectivity index (χ2n) is 9.30. The molecule has 0 saturated heterocycles. The van der Waals surface area contributed by atoms with Gasteiger partial charge in [-0.1, -0.05) is 46.3 Å². The Kier molecular flexibility index (Phi) is 10.4. The number of aliphatic imine (C=N–C) groups is 1. The maximum absolute atomic E-state index is 13.9. The monoisotopic (exact) mass is 623 g/mol. The van der Waals surface area contributed by atoms with E-state index < -0.39 is 11.6 Å². The van der Waals surface area contributed by atoms with E-state index in [2.05, 4.69) is 33.4 Å². The average molecular weight is 625 g/mol. The maximum Gasteiger partial charge on any atom is 0.266 e. The Hall–Kier alpha value is -3.86. The fourth-order valence-electron chi connectivity index (χ4n) is 4.53. The Morgan fingerprint density at radius 2 is 1.88 bits per heavy atom. The minimum Gasteiger partial charge on any atom is -0.494 e. The molecule has 0 aromatic heterocycles. The van der Waals surface area contributed by atoms with E-state index in [4.69, 9.17) is 29.0 Å². The predicted molar refractivity (Wildman–Crippen MR) is 160 cm³/mol. The number of rotatable bonds is 14. The molecule has 0 fully saturated rings. The predicted octanol–water partition coefficient (Wildman–Crippen LogP) is 4.88. The van der Waals surface area contributed by atoms with Crippen molar-refractivity contribution in [2.75, 3.05) is 27.4 Å². The van der Waals surface area contributed by atoms with Crippen molar-refractivity contribution < 1.29 is 28.8 Å². The number of benzene rings is 3. The molecule has 0 radical (unpaired) electrons. The Balaban J connectivity index is 1.60. The second kappa shape index (κ2) is 14.2. The highest BCUT2D eigenvalue weighted by Crippen LogP contribution is 2.44. The molecule has 216 valence electrons. The molecule has 3 aromatic carbocycles. The van der Waals surface area contributed by atoms with Crippen molar-refractivity contribution in [3.05, 3.63) is 101 Å². The van der Waals surface area contributed by atoms with Crippen molar-refractivity contribution in [2.24, 2.45) is 4.99 Å². The summed E-state index contributed by atoms with van der Waals surface area (Å²) in [5.74, 6) is 1.86. The van der Waals surface area contributed by atoms with Gasteiger partial charge in [-0.25, -0.2) is 10.4 Å². The molecule has 0 bridgehead atoms. The highest BCUT2D eigenvalue weighted by Gasteiger charge is 2.53. The van der Waals surface area contributed by atoms with Crippen molar-refractivity contribution in [3.8, 4) is 17.2 Å². The van der Waals surface area contributed by atoms with Crippen LogP contribution in [0.2, 0.25) is 0 Å². The molecule has 10 heteroatoms. The van der Waals surface area contributed by atoms with E-state index >= 15 is 0 Å². The number of halogens is 1. The first-order valence-corrected chi connectivity index (χ1v) is 13.9. The lowest BCUT2D eigenvalue weighted by Gasteiger charge is -2.30. The molecule has 1 aliphatic rings. The fourth-order valence-corrected chi connectivity index (χ4v) is 5.02. The number of nitrogens with one attached hydrogen (secondary N) is 2. The van der Waals surface area contributed by atoms with Crippen LogP contribution < -0.4 is 25.1 Å². The zero-order valence-electron chi connectivity index (χ0n) is 23.1. The van der Waals surface area contributed by atoms with E-state index in [0.29, 0.717) is 48.3 Å². The second-order valence-corrected chi connectivity index (χ2v) is 10.2. The largest absolute Gasteiger partial charge is 0.494 e. The van der Waals surface area contributed by atoms with Gasteiger partial charge < -0.3 is 24.1 Å². The van der Waals surface area contributed by atoms with Gasteiger partial charge in [-0.2, -0.15) is 0 Å². The van der Waals surface area contributed by atoms with Crippen LogP contribution in [0.1, 0.15) is 35.6 Å². The Morgan fingerprint density at radius 3 is 2.56 bits per heavy atom. The number of aliphatic hydroxyl groups is 1. The molecule has 0 unspecified atom stereocenters. The van der Waals surface area contributed by atoms with Gasteiger partial charge in [0.2, 0.25) is 5.90 Å². The lowest BCUT2D eigenvalue weighted by molar-refractivity contribution is -0.130. The number of carbonyl (C=O) groups excluding carboxylic acids is 1. The van der Waals surface area contributed by atoms with Crippen molar-refractivity contribution in [2.45, 2.75) is 31.0 Å². The van der Waals surface area contributed by atoms with Gasteiger partial charge in [0.15, 0.2) is 23.1 Å². The van der Waals surface area contributed by atoms with Gasteiger partial charge in [0.1, 0.15) is 5.75 Å². The molecule has 0 aliphatic carbocycles. The van der Waals surface area contributed by atoms with Crippen molar-refractivity contribution in [1.29, 1.82) is 0 Å². The van der Waals surface area contributed by atoms with E-state index in [1.165, 1.54) is 0 Å². The molecule has 2 atom stereocenters. The standard InChI is InChI=1S/C31H34BrN3O6/c1-4-16-31(30(37)35-33-20-21-10-15-26(38-2)27(19-21)39-3)28(24-8-5-6-9-25(24)32)41-29(34-31)22-11-13-23(14-12-22)40-18-7-17-36/h4-6,8-15,19,28,33,36H,1,7,16-18,20H2,2-3H3,(H,35,37)/t28-,31-/m0/s1. The Labute approximate surface area is 248 Å². The number of nitrogens with zero attached hydrogens (tertiary/aromatic N) is 1. The molecule has 4 rings (SSSR count). The van der Waals surface area contributed by atoms with E-state index in [9.17, 15) is 4.79 Å². The van der Waals surface area contributed by atoms with Gasteiger partial charge in [0.25, 0.3) is 5.91 Å². The van der Waals surface area contributed by atoms with E-state index in [1.54, 1.807) is 20.3 Å². The maximum atomic E-state index is 13.9. The van der Waals surface area contributed by atoms with Gasteiger partial charge >= 0.3 is 0 Å². The molecule has 1 heterocycles. The number of methoxy groups -OCH3 is 2. The molecular formula is C31H34BrN3O6. The van der Waals surface area contributed by atoms with E-state index in [1.807, 2.05) is 66.7 Å². The van der Waals surface area contributed by atoms with Gasteiger partial charge in [0.05, 0.1) is 20.8 Å². The first-order chi connectivity index (χ1) is 19.9. The number of ether oxygens (including phenoxy) is 4. The number of hydrogen-bond acceptors (Lipinski definition) is 8. The third-order valence-corrected chi connectivity index (χ3v) is 7.34. The summed E-state index contributed by atoms with van der Waals surface area (Å²) < 4.78 is 23.6. The van der Waals surface area contributed by atoms with E-state index in [0.717, 1.165) is 15.6 Å². The number of carbonyl (C=O) groups is 1. The molecule has 3 N–H and O–H groups in total. The fraction of sp³-hybridized carbons (Fsp3) is 0.290. The van der Waals surface area contributed by atoms with E-state index in [-0.39, 0.29) is 18.9 Å². The van der Waals surface area contributed by atoms with Crippen molar-refractivity contribution in [1.82, 2.24) is 10.9 Å². The molecule has 0 saturated carbocycles. The molecular weight excluding hydrogens is 590 g/mol. The number of hydrazine groups is 1. The van der Waals surface area contributed by atoms with Crippen LogP contribution in [0.5, 0.6) is 17.2 Å². The van der Waals surface area contributed by atoms with Crippen molar-refractivity contribution >= 4 is 27.7 Å². The SMILES string of the molecule is C=CC[C@]1(C(=O)NNCc2ccc(OC)c(OC)c2)N=C(c2ccc(OCCCO)cc2)O[C@H]1c1ccccc1Br. The number of amides is 1. The summed E-state index contributed by atoms with van der Waals surface area (Å²) in [7, 11) is 3.15. The Bertz CT molecular complexity index is 1380. The van der Waals surface area contributed by atoms with Crippen molar-refractivity contribution in [3.63, 3.8) is 0 Å². The van der Waals surface area contributed by atoms with Crippen LogP contribution in [-0.4, -0.2) is 49.9 Å². The van der Waals surface area contributed by atoms with Crippen LogP contribution in [0, 0.1) is 0 Å². The van der Waals surface area contributed by atoms with Crippen LogP contribution in [0.25, 0.3) is 0 Å². The summed E-state index contributed by atoms with van der Waals surface area (Å²) in [6, 6.07) is 20.4. The van der Waals surface area contributed by atoms with Gasteiger partial charge in [-0.15, -0.1) is 6.58 Å². The minimum absolute atomic E-state index is 0.0652. The number of aliphatic hydroxyl groups excluding tert-OH is 1. The van der Waals surface area contributed by atoms with Crippen LogP contribution in [-0.2, 0) is 16.1 Å². The minimum atomic E-state index is -1.33. The van der Waals surface area contributed by atoms with Crippen LogP contribution in [0.4, 0.5) is 0 Å². The Morgan fingerprint density at radius 1 is 1.12 bits per heavy atom.